The number of carbonyl (C=O) groups is 3. The van der Waals surface area contributed by atoms with E-state index in [0.29, 0.717) is 22.7 Å². The molecule has 1 aliphatic rings. The SMILES string of the molecule is Cc1ccc(N2C(=O)C(=O)C(C(=O)c3ccc(C(C)C)cc3)C2c2ccc(-c3ccn(C)n3)cc2)nn1. The molecule has 0 aliphatic carbocycles. The van der Waals surface area contributed by atoms with Crippen LogP contribution < -0.4 is 4.90 Å². The van der Waals surface area contributed by atoms with Gasteiger partial charge in [-0.05, 0) is 42.2 Å². The number of benzene rings is 2. The molecular formula is C29H27N5O3. The zero-order chi connectivity index (χ0) is 26.3. The molecule has 0 bridgehead atoms. The summed E-state index contributed by atoms with van der Waals surface area (Å²) in [5, 5.41) is 12.7. The number of nitrogens with zero attached hydrogens (tertiary/aromatic N) is 5. The molecule has 0 radical (unpaired) electrons. The van der Waals surface area contributed by atoms with Crippen LogP contribution in [0.5, 0.6) is 0 Å². The van der Waals surface area contributed by atoms with Crippen molar-refractivity contribution in [2.75, 3.05) is 4.90 Å². The van der Waals surface area contributed by atoms with Gasteiger partial charge in [0.25, 0.3) is 5.91 Å². The van der Waals surface area contributed by atoms with Crippen LogP contribution in [-0.2, 0) is 16.6 Å². The van der Waals surface area contributed by atoms with Gasteiger partial charge in [-0.3, -0.25) is 24.0 Å². The first kappa shape index (κ1) is 24.2. The summed E-state index contributed by atoms with van der Waals surface area (Å²) in [4.78, 5) is 41.7. The summed E-state index contributed by atoms with van der Waals surface area (Å²) in [6.45, 7) is 5.93. The van der Waals surface area contributed by atoms with Crippen LogP contribution in [0.1, 0.15) is 53.0 Å². The fourth-order valence-corrected chi connectivity index (χ4v) is 4.67. The van der Waals surface area contributed by atoms with Gasteiger partial charge >= 0.3 is 0 Å². The fourth-order valence-electron chi connectivity index (χ4n) is 4.67. The number of hydrogen-bond donors (Lipinski definition) is 0. The maximum absolute atomic E-state index is 13.7. The van der Waals surface area contributed by atoms with Gasteiger partial charge in [-0.25, -0.2) is 0 Å². The number of hydrogen-bond acceptors (Lipinski definition) is 6. The number of aromatic nitrogens is 4. The number of rotatable bonds is 6. The van der Waals surface area contributed by atoms with Gasteiger partial charge in [-0.2, -0.15) is 10.2 Å². The minimum absolute atomic E-state index is 0.230. The smallest absolute Gasteiger partial charge is 0.293 e. The van der Waals surface area contributed by atoms with Crippen LogP contribution in [0.4, 0.5) is 5.82 Å². The van der Waals surface area contributed by atoms with Gasteiger partial charge in [0.2, 0.25) is 5.78 Å². The van der Waals surface area contributed by atoms with E-state index in [1.165, 1.54) is 4.90 Å². The van der Waals surface area contributed by atoms with Gasteiger partial charge in [0.15, 0.2) is 11.6 Å². The molecule has 2 aromatic heterocycles. The van der Waals surface area contributed by atoms with Crippen molar-refractivity contribution in [1.82, 2.24) is 20.0 Å². The van der Waals surface area contributed by atoms with Crippen molar-refractivity contribution < 1.29 is 14.4 Å². The molecule has 0 saturated carbocycles. The van der Waals surface area contributed by atoms with Crippen LogP contribution in [0.15, 0.2) is 72.9 Å². The minimum Gasteiger partial charge on any atom is -0.293 e. The second-order valence-electron chi connectivity index (χ2n) is 9.63. The Morgan fingerprint density at radius 3 is 2.16 bits per heavy atom. The van der Waals surface area contributed by atoms with Crippen LogP contribution in [0, 0.1) is 12.8 Å². The Labute approximate surface area is 215 Å². The monoisotopic (exact) mass is 493 g/mol. The van der Waals surface area contributed by atoms with E-state index in [4.69, 9.17) is 0 Å². The van der Waals surface area contributed by atoms with Crippen LogP contribution in [0.25, 0.3) is 11.3 Å². The van der Waals surface area contributed by atoms with Gasteiger partial charge in [0.05, 0.1) is 17.4 Å². The van der Waals surface area contributed by atoms with Crippen molar-refractivity contribution in [3.8, 4) is 11.3 Å². The lowest BCUT2D eigenvalue weighted by molar-refractivity contribution is -0.135. The second kappa shape index (κ2) is 9.54. The highest BCUT2D eigenvalue weighted by atomic mass is 16.2. The van der Waals surface area contributed by atoms with E-state index in [9.17, 15) is 14.4 Å². The Morgan fingerprint density at radius 2 is 1.59 bits per heavy atom. The van der Waals surface area contributed by atoms with Crippen LogP contribution in [0.2, 0.25) is 0 Å². The summed E-state index contributed by atoms with van der Waals surface area (Å²) in [6, 6.07) is 19.1. The fraction of sp³-hybridized carbons (Fsp3) is 0.241. The molecule has 3 heterocycles. The lowest BCUT2D eigenvalue weighted by Crippen LogP contribution is -2.31. The van der Waals surface area contributed by atoms with Crippen molar-refractivity contribution in [2.45, 2.75) is 32.7 Å². The zero-order valence-electron chi connectivity index (χ0n) is 21.1. The molecule has 0 spiro atoms. The Kier molecular flexibility index (Phi) is 6.25. The van der Waals surface area contributed by atoms with E-state index in [-0.39, 0.29) is 5.82 Å². The van der Waals surface area contributed by atoms with E-state index in [0.717, 1.165) is 16.8 Å². The van der Waals surface area contributed by atoms with Crippen molar-refractivity contribution in [3.05, 3.63) is 95.3 Å². The molecule has 8 nitrogen and oxygen atoms in total. The molecule has 37 heavy (non-hydrogen) atoms. The molecule has 186 valence electrons. The molecule has 0 N–H and O–H groups in total. The summed E-state index contributed by atoms with van der Waals surface area (Å²) in [7, 11) is 1.85. The normalized spacial score (nSPS) is 17.6. The van der Waals surface area contributed by atoms with Gasteiger partial charge in [0, 0.05) is 24.4 Å². The molecule has 8 heteroatoms. The van der Waals surface area contributed by atoms with E-state index in [1.807, 2.05) is 55.7 Å². The topological polar surface area (TPSA) is 98.1 Å². The molecule has 4 aromatic rings. The van der Waals surface area contributed by atoms with E-state index < -0.39 is 29.4 Å². The summed E-state index contributed by atoms with van der Waals surface area (Å²) < 4.78 is 1.72. The third-order valence-corrected chi connectivity index (χ3v) is 6.74. The Hall–Kier alpha value is -4.46. The van der Waals surface area contributed by atoms with Crippen LogP contribution in [0.3, 0.4) is 0 Å². The van der Waals surface area contributed by atoms with Crippen molar-refractivity contribution in [1.29, 1.82) is 0 Å². The first-order valence-electron chi connectivity index (χ1n) is 12.2. The molecule has 1 aliphatic heterocycles. The van der Waals surface area contributed by atoms with E-state index in [2.05, 4.69) is 29.1 Å². The Balaban J connectivity index is 1.58. The number of aryl methyl sites for hydroxylation is 2. The van der Waals surface area contributed by atoms with E-state index >= 15 is 0 Å². The summed E-state index contributed by atoms with van der Waals surface area (Å²) in [6.07, 6.45) is 1.86. The maximum Gasteiger partial charge on any atom is 0.297 e. The molecule has 2 aromatic carbocycles. The second-order valence-corrected chi connectivity index (χ2v) is 9.63. The minimum atomic E-state index is -1.21. The predicted octanol–water partition coefficient (Wildman–Crippen LogP) is 4.47. The standard InChI is InChI=1S/C29H27N5O3/c1-17(2)19-6-12-22(13-7-19)27(35)25-26(21-10-8-20(9-11-21)23-15-16-33(4)32-23)34(29(37)28(25)36)24-14-5-18(3)30-31-24/h5-17,25-26H,1-4H3. The third-order valence-electron chi connectivity index (χ3n) is 6.74. The molecule has 2 unspecified atom stereocenters. The Bertz CT molecular complexity index is 1470. The highest BCUT2D eigenvalue weighted by molar-refractivity contribution is 6.48. The lowest BCUT2D eigenvalue weighted by atomic mass is 9.85. The van der Waals surface area contributed by atoms with E-state index in [1.54, 1.807) is 35.9 Å². The quantitative estimate of drug-likeness (QED) is 0.223. The van der Waals surface area contributed by atoms with Gasteiger partial charge in [-0.15, -0.1) is 5.10 Å². The molecular weight excluding hydrogens is 466 g/mol. The number of carbonyl (C=O) groups excluding carboxylic acids is 3. The van der Waals surface area contributed by atoms with Crippen LogP contribution >= 0.6 is 0 Å². The van der Waals surface area contributed by atoms with Gasteiger partial charge in [0.1, 0.15) is 5.92 Å². The highest BCUT2D eigenvalue weighted by Gasteiger charge is 2.52. The maximum atomic E-state index is 13.7. The average Bonchev–Trinajstić information content (AvgIpc) is 3.45. The first-order valence-corrected chi connectivity index (χ1v) is 12.2. The van der Waals surface area contributed by atoms with Gasteiger partial charge in [-0.1, -0.05) is 62.4 Å². The van der Waals surface area contributed by atoms with Crippen molar-refractivity contribution >= 4 is 23.3 Å². The number of amides is 1. The Morgan fingerprint density at radius 1 is 0.892 bits per heavy atom. The van der Waals surface area contributed by atoms with Gasteiger partial charge < -0.3 is 0 Å². The molecule has 5 rings (SSSR count). The third kappa shape index (κ3) is 4.46. The molecule has 2 atom stereocenters. The average molecular weight is 494 g/mol. The number of ketones is 2. The largest absolute Gasteiger partial charge is 0.297 e. The molecule has 1 saturated heterocycles. The van der Waals surface area contributed by atoms with Crippen LogP contribution in [-0.4, -0.2) is 37.5 Å². The summed E-state index contributed by atoms with van der Waals surface area (Å²) in [5.74, 6) is -2.59. The first-order chi connectivity index (χ1) is 17.7. The molecule has 1 fully saturated rings. The van der Waals surface area contributed by atoms with Crippen molar-refractivity contribution in [2.24, 2.45) is 13.0 Å². The predicted molar refractivity (Wildman–Crippen MR) is 139 cm³/mol. The zero-order valence-corrected chi connectivity index (χ0v) is 21.1. The number of anilines is 1. The summed E-state index contributed by atoms with van der Waals surface area (Å²) >= 11 is 0. The lowest BCUT2D eigenvalue weighted by Gasteiger charge is -2.26. The number of Topliss-reactive ketones (excluding diaryl/α,β-unsaturated/α-hetero) is 2. The molecule has 1 amide bonds. The summed E-state index contributed by atoms with van der Waals surface area (Å²) in [5.41, 5.74) is 4.49. The highest BCUT2D eigenvalue weighted by Crippen LogP contribution is 2.41. The van der Waals surface area contributed by atoms with Crippen molar-refractivity contribution in [3.63, 3.8) is 0 Å².